The van der Waals surface area contributed by atoms with Crippen molar-refractivity contribution >= 4 is 5.97 Å². The Labute approximate surface area is 90.2 Å². The van der Waals surface area contributed by atoms with Crippen LogP contribution in [0.15, 0.2) is 0 Å². The molecule has 0 saturated carbocycles. The second-order valence-corrected chi connectivity index (χ2v) is 4.33. The van der Waals surface area contributed by atoms with E-state index in [9.17, 15) is 9.90 Å². The fraction of sp³-hybridized carbons (Fsp3) is 0.900. The van der Waals surface area contributed by atoms with Crippen LogP contribution in [-0.2, 0) is 14.3 Å². The van der Waals surface area contributed by atoms with Crippen LogP contribution >= 0.6 is 0 Å². The number of aliphatic hydroxyl groups is 1. The summed E-state index contributed by atoms with van der Waals surface area (Å²) in [7, 11) is 3.60. The van der Waals surface area contributed by atoms with Gasteiger partial charge in [0.2, 0.25) is 0 Å². The van der Waals surface area contributed by atoms with Gasteiger partial charge in [-0.15, -0.1) is 0 Å². The number of esters is 1. The maximum absolute atomic E-state index is 11.1. The largest absolute Gasteiger partial charge is 0.460 e. The Morgan fingerprint density at radius 1 is 1.60 bits per heavy atom. The molecule has 0 aromatic carbocycles. The number of methoxy groups -OCH3 is 1. The summed E-state index contributed by atoms with van der Waals surface area (Å²) < 4.78 is 10.5. The van der Waals surface area contributed by atoms with Crippen LogP contribution in [0.1, 0.15) is 6.42 Å². The normalized spacial score (nSPS) is 29.4. The molecule has 5 nitrogen and oxygen atoms in total. The molecule has 0 amide bonds. The minimum Gasteiger partial charge on any atom is -0.460 e. The molecule has 1 heterocycles. The minimum atomic E-state index is -0.479. The third-order valence-corrected chi connectivity index (χ3v) is 2.76. The first-order chi connectivity index (χ1) is 7.06. The van der Waals surface area contributed by atoms with E-state index in [0.29, 0.717) is 30.7 Å². The quantitative estimate of drug-likeness (QED) is 0.505. The molecule has 1 rings (SSSR count). The van der Waals surface area contributed by atoms with Crippen LogP contribution in [0.4, 0.5) is 0 Å². The van der Waals surface area contributed by atoms with Crippen LogP contribution in [0, 0.1) is 0 Å². The van der Waals surface area contributed by atoms with Crippen molar-refractivity contribution in [3.63, 3.8) is 0 Å². The maximum atomic E-state index is 11.1. The fourth-order valence-electron chi connectivity index (χ4n) is 1.86. The molecular weight excluding hydrogens is 198 g/mol. The van der Waals surface area contributed by atoms with Crippen molar-refractivity contribution in [3.05, 3.63) is 0 Å². The van der Waals surface area contributed by atoms with Gasteiger partial charge in [0, 0.05) is 7.11 Å². The zero-order chi connectivity index (χ0) is 11.3. The van der Waals surface area contributed by atoms with Gasteiger partial charge < -0.3 is 19.1 Å². The Balaban J connectivity index is 2.46. The molecule has 0 aromatic rings. The molecule has 0 aromatic heterocycles. The number of hydrogen-bond donors (Lipinski definition) is 1. The lowest BCUT2D eigenvalue weighted by molar-refractivity contribution is -0.910. The molecule has 5 heteroatoms. The Morgan fingerprint density at radius 2 is 2.33 bits per heavy atom. The summed E-state index contributed by atoms with van der Waals surface area (Å²) in [6.07, 6.45) is -0.0517. The molecule has 1 N–H and O–H groups in total. The van der Waals surface area contributed by atoms with Gasteiger partial charge in [0.15, 0.2) is 0 Å². The van der Waals surface area contributed by atoms with Crippen molar-refractivity contribution in [1.29, 1.82) is 0 Å². The molecule has 0 spiro atoms. The van der Waals surface area contributed by atoms with Crippen LogP contribution in [-0.4, -0.2) is 68.7 Å². The van der Waals surface area contributed by atoms with Crippen molar-refractivity contribution < 1.29 is 23.9 Å². The van der Waals surface area contributed by atoms with E-state index in [1.807, 2.05) is 7.05 Å². The SMILES string of the molecule is COCC(O)C[N+]1(C)CCOC(=O)CC1. The molecule has 15 heavy (non-hydrogen) atoms. The zero-order valence-electron chi connectivity index (χ0n) is 9.44. The first-order valence-electron chi connectivity index (χ1n) is 5.22. The number of aliphatic hydroxyl groups excluding tert-OH is 1. The molecule has 1 fully saturated rings. The van der Waals surface area contributed by atoms with E-state index < -0.39 is 6.10 Å². The highest BCUT2D eigenvalue weighted by atomic mass is 16.5. The summed E-state index contributed by atoms with van der Waals surface area (Å²) in [5, 5.41) is 9.66. The van der Waals surface area contributed by atoms with Gasteiger partial charge in [-0.1, -0.05) is 0 Å². The van der Waals surface area contributed by atoms with E-state index in [4.69, 9.17) is 9.47 Å². The summed E-state index contributed by atoms with van der Waals surface area (Å²) in [6.45, 7) is 2.86. The topological polar surface area (TPSA) is 55.8 Å². The average molecular weight is 218 g/mol. The third kappa shape index (κ3) is 4.15. The molecule has 2 atom stereocenters. The third-order valence-electron chi connectivity index (χ3n) is 2.76. The van der Waals surface area contributed by atoms with Crippen LogP contribution in [0.25, 0.3) is 0 Å². The van der Waals surface area contributed by atoms with E-state index in [2.05, 4.69) is 0 Å². The highest BCUT2D eigenvalue weighted by Gasteiger charge is 2.29. The lowest BCUT2D eigenvalue weighted by Crippen LogP contribution is -2.51. The summed E-state index contributed by atoms with van der Waals surface area (Å²) in [6, 6.07) is 0. The Kier molecular flexibility index (Phi) is 4.50. The van der Waals surface area contributed by atoms with Gasteiger partial charge in [0.1, 0.15) is 25.8 Å². The predicted octanol–water partition coefficient (Wildman–Crippen LogP) is -0.613. The second-order valence-electron chi connectivity index (χ2n) is 4.33. The van der Waals surface area contributed by atoms with E-state index in [1.54, 1.807) is 7.11 Å². The number of quaternary nitrogens is 1. The summed E-state index contributed by atoms with van der Waals surface area (Å²) in [5.74, 6) is -0.141. The number of ether oxygens (including phenoxy) is 2. The first kappa shape index (κ1) is 12.4. The number of cyclic esters (lactones) is 1. The molecule has 1 saturated heterocycles. The van der Waals surface area contributed by atoms with Crippen molar-refractivity contribution in [3.8, 4) is 0 Å². The fourth-order valence-corrected chi connectivity index (χ4v) is 1.86. The monoisotopic (exact) mass is 218 g/mol. The van der Waals surface area contributed by atoms with Gasteiger partial charge in [-0.3, -0.25) is 4.79 Å². The minimum absolute atomic E-state index is 0.141. The van der Waals surface area contributed by atoms with Gasteiger partial charge >= 0.3 is 5.97 Å². The van der Waals surface area contributed by atoms with Crippen molar-refractivity contribution in [2.24, 2.45) is 0 Å². The van der Waals surface area contributed by atoms with Gasteiger partial charge in [-0.05, 0) is 0 Å². The molecule has 2 unspecified atom stereocenters. The van der Waals surface area contributed by atoms with Crippen molar-refractivity contribution in [2.45, 2.75) is 12.5 Å². The Morgan fingerprint density at radius 3 is 3.00 bits per heavy atom. The maximum Gasteiger partial charge on any atom is 0.311 e. The predicted molar refractivity (Wildman–Crippen MR) is 54.2 cm³/mol. The van der Waals surface area contributed by atoms with Crippen LogP contribution in [0.2, 0.25) is 0 Å². The number of carbonyl (C=O) groups is 1. The summed E-state index contributed by atoms with van der Waals surface area (Å²) in [4.78, 5) is 11.1. The molecule has 0 bridgehead atoms. The number of rotatable bonds is 4. The molecule has 1 aliphatic rings. The van der Waals surface area contributed by atoms with Gasteiger partial charge in [0.25, 0.3) is 0 Å². The van der Waals surface area contributed by atoms with E-state index in [0.717, 1.165) is 13.1 Å². The molecule has 0 aliphatic carbocycles. The molecule has 0 radical (unpaired) electrons. The van der Waals surface area contributed by atoms with Crippen LogP contribution < -0.4 is 0 Å². The number of hydrogen-bond acceptors (Lipinski definition) is 4. The molecular formula is C10H20NO4+. The number of carbonyl (C=O) groups excluding carboxylic acids is 1. The Hall–Kier alpha value is -0.650. The van der Waals surface area contributed by atoms with E-state index >= 15 is 0 Å². The average Bonchev–Trinajstić information content (AvgIpc) is 2.29. The first-order valence-corrected chi connectivity index (χ1v) is 5.22. The highest BCUT2D eigenvalue weighted by Crippen LogP contribution is 2.10. The van der Waals surface area contributed by atoms with Gasteiger partial charge in [-0.25, -0.2) is 0 Å². The standard InChI is InChI=1S/C10H20NO4/c1-11(7-9(12)8-14-2)4-3-10(13)15-6-5-11/h9,12H,3-8H2,1-2H3/q+1. The van der Waals surface area contributed by atoms with Crippen LogP contribution in [0.3, 0.4) is 0 Å². The van der Waals surface area contributed by atoms with Crippen molar-refractivity contribution in [2.75, 3.05) is 47.0 Å². The van der Waals surface area contributed by atoms with E-state index in [-0.39, 0.29) is 5.97 Å². The second kappa shape index (κ2) is 5.44. The summed E-state index contributed by atoms with van der Waals surface area (Å²) in [5.41, 5.74) is 0. The Bertz CT molecular complexity index is 221. The van der Waals surface area contributed by atoms with Gasteiger partial charge in [-0.2, -0.15) is 0 Å². The lowest BCUT2D eigenvalue weighted by atomic mass is 10.2. The number of nitrogens with zero attached hydrogens (tertiary/aromatic N) is 1. The summed E-state index contributed by atoms with van der Waals surface area (Å²) >= 11 is 0. The van der Waals surface area contributed by atoms with Crippen molar-refractivity contribution in [1.82, 2.24) is 0 Å². The molecule has 1 aliphatic heterocycles. The van der Waals surface area contributed by atoms with Crippen LogP contribution in [0.5, 0.6) is 0 Å². The highest BCUT2D eigenvalue weighted by molar-refractivity contribution is 5.69. The smallest absolute Gasteiger partial charge is 0.311 e. The zero-order valence-corrected chi connectivity index (χ0v) is 9.44. The lowest BCUT2D eigenvalue weighted by Gasteiger charge is -2.33. The van der Waals surface area contributed by atoms with E-state index in [1.165, 1.54) is 0 Å². The van der Waals surface area contributed by atoms with Gasteiger partial charge in [0.05, 0.1) is 26.6 Å². The number of likely N-dealkylation sites (N-methyl/N-ethyl adjacent to an activating group) is 1. The molecule has 88 valence electrons.